The van der Waals surface area contributed by atoms with E-state index in [1.807, 2.05) is 14.0 Å². The molecule has 1 heterocycles. The van der Waals surface area contributed by atoms with E-state index in [9.17, 15) is 8.42 Å². The number of aromatic nitrogens is 1. The second-order valence-electron chi connectivity index (χ2n) is 5.57. The Bertz CT molecular complexity index is 916. The van der Waals surface area contributed by atoms with Gasteiger partial charge in [-0.05, 0) is 30.7 Å². The van der Waals surface area contributed by atoms with Crippen LogP contribution in [0.1, 0.15) is 18.2 Å². The first-order valence-electron chi connectivity index (χ1n) is 7.86. The molecule has 0 unspecified atom stereocenters. The highest BCUT2D eigenvalue weighted by Gasteiger charge is 2.10. The highest BCUT2D eigenvalue weighted by Crippen LogP contribution is 2.24. The average Bonchev–Trinajstić information content (AvgIpc) is 2.84. The fraction of sp³-hybridized carbons (Fsp3) is 0.312. The predicted molar refractivity (Wildman–Crippen MR) is 120 cm³/mol. The molecule has 0 fully saturated rings. The number of primary sulfonamides is 1. The van der Waals surface area contributed by atoms with Crippen LogP contribution in [0, 0.1) is 0 Å². The molecule has 27 heavy (non-hydrogen) atoms. The van der Waals surface area contributed by atoms with E-state index >= 15 is 0 Å². The minimum absolute atomic E-state index is 0. The summed E-state index contributed by atoms with van der Waals surface area (Å²) in [5.74, 6) is 0.585. The molecule has 0 bridgehead atoms. The van der Waals surface area contributed by atoms with Crippen LogP contribution in [0.3, 0.4) is 0 Å². The molecule has 1 aromatic heterocycles. The summed E-state index contributed by atoms with van der Waals surface area (Å²) in [5.41, 5.74) is 1.64. The van der Waals surface area contributed by atoms with Crippen LogP contribution in [0.25, 0.3) is 0 Å². The zero-order chi connectivity index (χ0) is 19.3. The van der Waals surface area contributed by atoms with Crippen LogP contribution in [0.15, 0.2) is 40.2 Å². The van der Waals surface area contributed by atoms with Crippen LogP contribution >= 0.6 is 47.2 Å². The number of aliphatic imine (C=N–C) groups is 1. The number of guanidine groups is 1. The molecule has 0 amide bonds. The molecule has 0 aliphatic carbocycles. The van der Waals surface area contributed by atoms with E-state index in [2.05, 4.69) is 15.6 Å². The van der Waals surface area contributed by atoms with E-state index in [1.165, 1.54) is 12.1 Å². The van der Waals surface area contributed by atoms with E-state index in [0.29, 0.717) is 35.8 Å². The Balaban J connectivity index is 0.00000364. The fourth-order valence-electron chi connectivity index (χ4n) is 2.27. The Morgan fingerprint density at radius 3 is 2.52 bits per heavy atom. The summed E-state index contributed by atoms with van der Waals surface area (Å²) in [5, 5.41) is 12.4. The standard InChI is InChI=1S/C16H21Cl2N5O2S.HI/c1-3-20-16(22-10-12-8-14(17)15(18)23(12)2)21-9-11-5-4-6-13(7-11)26(19,24)25;/h4-8H,3,9-10H2,1-2H3,(H2,19,24,25)(H2,20,21,22);1H. The van der Waals surface area contributed by atoms with Crippen molar-refractivity contribution in [2.75, 3.05) is 6.54 Å². The first-order chi connectivity index (χ1) is 12.2. The predicted octanol–water partition coefficient (Wildman–Crippen LogP) is 2.85. The zero-order valence-corrected chi connectivity index (χ0v) is 19.5. The van der Waals surface area contributed by atoms with Crippen molar-refractivity contribution in [1.82, 2.24) is 15.2 Å². The zero-order valence-electron chi connectivity index (χ0n) is 14.9. The maximum Gasteiger partial charge on any atom is 0.238 e. The number of nitrogens with two attached hydrogens (primary N) is 1. The molecule has 0 radical (unpaired) electrons. The smallest absolute Gasteiger partial charge is 0.238 e. The third-order valence-corrected chi connectivity index (χ3v) is 5.40. The summed E-state index contributed by atoms with van der Waals surface area (Å²) >= 11 is 12.1. The maximum absolute atomic E-state index is 11.4. The summed E-state index contributed by atoms with van der Waals surface area (Å²) in [7, 11) is -1.91. The molecule has 0 spiro atoms. The molecule has 2 rings (SSSR count). The molecule has 2 aromatic rings. The third kappa shape index (κ3) is 6.83. The Morgan fingerprint density at radius 1 is 1.26 bits per heavy atom. The van der Waals surface area contributed by atoms with Crippen molar-refractivity contribution in [2.45, 2.75) is 24.9 Å². The van der Waals surface area contributed by atoms with Gasteiger partial charge in [0, 0.05) is 19.3 Å². The van der Waals surface area contributed by atoms with Gasteiger partial charge in [-0.25, -0.2) is 18.5 Å². The SMILES string of the molecule is CCNC(=NCc1cccc(S(N)(=O)=O)c1)NCc1cc(Cl)c(Cl)n1C.I. The first-order valence-corrected chi connectivity index (χ1v) is 10.2. The molecule has 4 N–H and O–H groups in total. The molecule has 11 heteroatoms. The molecular weight excluding hydrogens is 524 g/mol. The van der Waals surface area contributed by atoms with Crippen molar-refractivity contribution in [1.29, 1.82) is 0 Å². The van der Waals surface area contributed by atoms with Gasteiger partial charge in [-0.15, -0.1) is 24.0 Å². The number of sulfonamides is 1. The van der Waals surface area contributed by atoms with Crippen molar-refractivity contribution in [3.05, 3.63) is 51.8 Å². The highest BCUT2D eigenvalue weighted by atomic mass is 127. The van der Waals surface area contributed by atoms with E-state index in [1.54, 1.807) is 22.8 Å². The van der Waals surface area contributed by atoms with E-state index < -0.39 is 10.0 Å². The number of nitrogens with zero attached hydrogens (tertiary/aromatic N) is 2. The molecule has 150 valence electrons. The van der Waals surface area contributed by atoms with Gasteiger partial charge in [-0.3, -0.25) is 0 Å². The maximum atomic E-state index is 11.4. The normalized spacial score (nSPS) is 11.8. The Hall–Kier alpha value is -1.01. The van der Waals surface area contributed by atoms with Crippen LogP contribution in [0.4, 0.5) is 0 Å². The van der Waals surface area contributed by atoms with Gasteiger partial charge < -0.3 is 15.2 Å². The quantitative estimate of drug-likeness (QED) is 0.295. The summed E-state index contributed by atoms with van der Waals surface area (Å²) in [6.45, 7) is 3.41. The first kappa shape index (κ1) is 24.0. The number of hydrogen-bond acceptors (Lipinski definition) is 3. The van der Waals surface area contributed by atoms with Crippen LogP contribution in [0.2, 0.25) is 10.2 Å². The number of halogens is 3. The molecule has 0 aliphatic heterocycles. The van der Waals surface area contributed by atoms with Crippen LogP contribution in [-0.4, -0.2) is 25.5 Å². The van der Waals surface area contributed by atoms with Crippen molar-refractivity contribution >= 4 is 63.2 Å². The fourth-order valence-corrected chi connectivity index (χ4v) is 3.27. The van der Waals surface area contributed by atoms with E-state index in [-0.39, 0.29) is 28.9 Å². The lowest BCUT2D eigenvalue weighted by Crippen LogP contribution is -2.37. The van der Waals surface area contributed by atoms with Gasteiger partial charge in [0.1, 0.15) is 5.15 Å². The van der Waals surface area contributed by atoms with Gasteiger partial charge in [0.05, 0.1) is 23.0 Å². The lowest BCUT2D eigenvalue weighted by Gasteiger charge is -2.12. The van der Waals surface area contributed by atoms with Gasteiger partial charge in [0.2, 0.25) is 10.0 Å². The molecule has 7 nitrogen and oxygen atoms in total. The minimum Gasteiger partial charge on any atom is -0.357 e. The average molecular weight is 546 g/mol. The summed E-state index contributed by atoms with van der Waals surface area (Å²) < 4.78 is 24.7. The van der Waals surface area contributed by atoms with Gasteiger partial charge in [0.25, 0.3) is 0 Å². The monoisotopic (exact) mass is 545 g/mol. The van der Waals surface area contributed by atoms with Gasteiger partial charge >= 0.3 is 0 Å². The highest BCUT2D eigenvalue weighted by molar-refractivity contribution is 14.0. The van der Waals surface area contributed by atoms with Crippen LogP contribution in [0.5, 0.6) is 0 Å². The van der Waals surface area contributed by atoms with Crippen molar-refractivity contribution in [3.8, 4) is 0 Å². The van der Waals surface area contributed by atoms with Crippen molar-refractivity contribution < 1.29 is 8.42 Å². The summed E-state index contributed by atoms with van der Waals surface area (Å²) in [6, 6.07) is 8.18. The van der Waals surface area contributed by atoms with Gasteiger partial charge in [-0.2, -0.15) is 0 Å². The molecule has 0 saturated carbocycles. The minimum atomic E-state index is -3.73. The Kier molecular flexibility index (Phi) is 9.35. The van der Waals surface area contributed by atoms with Crippen LogP contribution < -0.4 is 15.8 Å². The molecule has 0 aliphatic rings. The third-order valence-electron chi connectivity index (χ3n) is 3.64. The van der Waals surface area contributed by atoms with Crippen molar-refractivity contribution in [2.24, 2.45) is 17.2 Å². The van der Waals surface area contributed by atoms with E-state index in [0.717, 1.165) is 11.3 Å². The number of hydrogen-bond donors (Lipinski definition) is 3. The number of nitrogens with one attached hydrogen (secondary N) is 2. The van der Waals surface area contributed by atoms with Gasteiger partial charge in [-0.1, -0.05) is 35.3 Å². The summed E-state index contributed by atoms with van der Waals surface area (Å²) in [4.78, 5) is 4.53. The van der Waals surface area contributed by atoms with Crippen molar-refractivity contribution in [3.63, 3.8) is 0 Å². The number of benzene rings is 1. The molecule has 0 saturated heterocycles. The Labute approximate surface area is 186 Å². The number of rotatable bonds is 6. The topological polar surface area (TPSA) is 102 Å². The van der Waals surface area contributed by atoms with Gasteiger partial charge in [0.15, 0.2) is 5.96 Å². The summed E-state index contributed by atoms with van der Waals surface area (Å²) in [6.07, 6.45) is 0. The largest absolute Gasteiger partial charge is 0.357 e. The second kappa shape index (κ2) is 10.5. The van der Waals surface area contributed by atoms with Crippen LogP contribution in [-0.2, 0) is 30.2 Å². The molecular formula is C16H22Cl2IN5O2S. The second-order valence-corrected chi connectivity index (χ2v) is 7.90. The molecule has 0 atom stereocenters. The molecule has 1 aromatic carbocycles. The van der Waals surface area contributed by atoms with E-state index in [4.69, 9.17) is 28.3 Å². The Morgan fingerprint density at radius 2 is 1.96 bits per heavy atom. The lowest BCUT2D eigenvalue weighted by atomic mass is 10.2. The lowest BCUT2D eigenvalue weighted by molar-refractivity contribution is 0.597.